The summed E-state index contributed by atoms with van der Waals surface area (Å²) in [5.41, 5.74) is 1.39. The Morgan fingerprint density at radius 1 is 1.23 bits per heavy atom. The predicted octanol–water partition coefficient (Wildman–Crippen LogP) is 2.98. The molecule has 8 heteroatoms. The lowest BCUT2D eigenvalue weighted by Crippen LogP contribution is -2.26. The standard InChI is InChI=1S/C18H22N2O5S/c1-10-16(18(22)23)26-17(20-10)11(2)19-15(21)6-5-12-7-13(24-3)9-14(8-12)25-4/h7-9,11H,5-6H2,1-4H3,(H,19,21)(H,22,23). The molecule has 1 amide bonds. The van der Waals surface area contributed by atoms with Crippen LogP contribution in [-0.2, 0) is 11.2 Å². The van der Waals surface area contributed by atoms with Gasteiger partial charge in [0.15, 0.2) is 0 Å². The summed E-state index contributed by atoms with van der Waals surface area (Å²) in [5, 5.41) is 12.5. The third kappa shape index (κ3) is 4.95. The Bertz CT molecular complexity index is 781. The molecule has 0 radical (unpaired) electrons. The number of carboxylic acids is 1. The highest BCUT2D eigenvalue weighted by atomic mass is 32.1. The van der Waals surface area contributed by atoms with E-state index in [1.165, 1.54) is 0 Å². The van der Waals surface area contributed by atoms with E-state index in [1.807, 2.05) is 12.1 Å². The maximum atomic E-state index is 12.2. The Balaban J connectivity index is 1.96. The summed E-state index contributed by atoms with van der Waals surface area (Å²) in [6, 6.07) is 5.15. The average molecular weight is 378 g/mol. The van der Waals surface area contributed by atoms with Gasteiger partial charge in [-0.05, 0) is 38.0 Å². The number of benzene rings is 1. The van der Waals surface area contributed by atoms with E-state index in [2.05, 4.69) is 10.3 Å². The molecule has 0 saturated heterocycles. The highest BCUT2D eigenvalue weighted by Gasteiger charge is 2.19. The van der Waals surface area contributed by atoms with Gasteiger partial charge in [0.25, 0.3) is 0 Å². The van der Waals surface area contributed by atoms with Gasteiger partial charge in [-0.3, -0.25) is 4.79 Å². The molecule has 26 heavy (non-hydrogen) atoms. The van der Waals surface area contributed by atoms with E-state index in [0.717, 1.165) is 16.9 Å². The van der Waals surface area contributed by atoms with Crippen molar-refractivity contribution in [3.63, 3.8) is 0 Å². The number of amides is 1. The second kappa shape index (κ2) is 8.66. The largest absolute Gasteiger partial charge is 0.497 e. The summed E-state index contributed by atoms with van der Waals surface area (Å²) in [5.74, 6) is 0.209. The molecule has 0 bridgehead atoms. The van der Waals surface area contributed by atoms with E-state index in [9.17, 15) is 9.59 Å². The van der Waals surface area contributed by atoms with Gasteiger partial charge in [-0.25, -0.2) is 9.78 Å². The quantitative estimate of drug-likeness (QED) is 0.733. The van der Waals surface area contributed by atoms with Crippen molar-refractivity contribution in [3.05, 3.63) is 39.3 Å². The van der Waals surface area contributed by atoms with Crippen LogP contribution in [0.3, 0.4) is 0 Å². The highest BCUT2D eigenvalue weighted by Crippen LogP contribution is 2.25. The molecule has 2 aromatic rings. The van der Waals surface area contributed by atoms with Gasteiger partial charge < -0.3 is 19.9 Å². The molecular formula is C18H22N2O5S. The zero-order valence-corrected chi connectivity index (χ0v) is 16.0. The molecule has 1 aromatic carbocycles. The first-order valence-electron chi connectivity index (χ1n) is 8.06. The van der Waals surface area contributed by atoms with Crippen LogP contribution in [0.2, 0.25) is 0 Å². The van der Waals surface area contributed by atoms with Crippen molar-refractivity contribution in [3.8, 4) is 11.5 Å². The molecule has 0 fully saturated rings. The second-order valence-corrected chi connectivity index (χ2v) is 6.81. The summed E-state index contributed by atoms with van der Waals surface area (Å²) < 4.78 is 10.4. The normalized spacial score (nSPS) is 11.7. The van der Waals surface area contributed by atoms with Gasteiger partial charge in [0, 0.05) is 12.5 Å². The second-order valence-electron chi connectivity index (χ2n) is 5.78. The molecule has 2 N–H and O–H groups in total. The molecule has 0 saturated carbocycles. The summed E-state index contributed by atoms with van der Waals surface area (Å²) in [6.45, 7) is 3.44. The molecule has 0 aliphatic rings. The van der Waals surface area contributed by atoms with Crippen LogP contribution in [-0.4, -0.2) is 36.2 Å². The van der Waals surface area contributed by atoms with Gasteiger partial charge in [0.2, 0.25) is 5.91 Å². The number of aryl methyl sites for hydroxylation is 2. The Hall–Kier alpha value is -2.61. The number of ether oxygens (including phenoxy) is 2. The van der Waals surface area contributed by atoms with Gasteiger partial charge in [-0.1, -0.05) is 0 Å². The number of rotatable bonds is 8. The Morgan fingerprint density at radius 3 is 2.35 bits per heavy atom. The van der Waals surface area contributed by atoms with Crippen LogP contribution in [0.5, 0.6) is 11.5 Å². The summed E-state index contributed by atoms with van der Waals surface area (Å²) >= 11 is 1.08. The van der Waals surface area contributed by atoms with Gasteiger partial charge in [-0.2, -0.15) is 0 Å². The van der Waals surface area contributed by atoms with E-state index in [1.54, 1.807) is 34.1 Å². The lowest BCUT2D eigenvalue weighted by Gasteiger charge is -2.12. The van der Waals surface area contributed by atoms with Crippen LogP contribution in [0.4, 0.5) is 0 Å². The lowest BCUT2D eigenvalue weighted by atomic mass is 10.1. The fraction of sp³-hybridized carbons (Fsp3) is 0.389. The third-order valence-corrected chi connectivity index (χ3v) is 5.14. The zero-order valence-electron chi connectivity index (χ0n) is 15.2. The van der Waals surface area contributed by atoms with Crippen molar-refractivity contribution >= 4 is 23.2 Å². The summed E-state index contributed by atoms with van der Waals surface area (Å²) in [6.07, 6.45) is 0.820. The first kappa shape index (κ1) is 19.7. The zero-order chi connectivity index (χ0) is 19.3. The minimum atomic E-state index is -1.00. The van der Waals surface area contributed by atoms with Crippen molar-refractivity contribution in [2.45, 2.75) is 32.7 Å². The molecule has 0 aliphatic heterocycles. The summed E-state index contributed by atoms with van der Waals surface area (Å²) in [4.78, 5) is 27.8. The van der Waals surface area contributed by atoms with E-state index in [0.29, 0.717) is 28.6 Å². The molecule has 1 unspecified atom stereocenters. The molecule has 2 rings (SSSR count). The number of carbonyl (C=O) groups is 2. The smallest absolute Gasteiger partial charge is 0.347 e. The highest BCUT2D eigenvalue weighted by molar-refractivity contribution is 7.13. The minimum Gasteiger partial charge on any atom is -0.497 e. The van der Waals surface area contributed by atoms with Crippen molar-refractivity contribution < 1.29 is 24.2 Å². The number of methoxy groups -OCH3 is 2. The topological polar surface area (TPSA) is 97.8 Å². The van der Waals surface area contributed by atoms with Gasteiger partial charge in [0.05, 0.1) is 26.0 Å². The van der Waals surface area contributed by atoms with Crippen LogP contribution in [0.15, 0.2) is 18.2 Å². The molecule has 0 spiro atoms. The Labute approximate surface area is 156 Å². The van der Waals surface area contributed by atoms with Crippen LogP contribution in [0, 0.1) is 6.92 Å². The lowest BCUT2D eigenvalue weighted by molar-refractivity contribution is -0.121. The molecule has 1 aromatic heterocycles. The fourth-order valence-electron chi connectivity index (χ4n) is 2.44. The van der Waals surface area contributed by atoms with Crippen molar-refractivity contribution in [2.75, 3.05) is 14.2 Å². The number of nitrogens with zero attached hydrogens (tertiary/aromatic N) is 1. The van der Waals surface area contributed by atoms with E-state index in [-0.39, 0.29) is 23.2 Å². The van der Waals surface area contributed by atoms with Crippen LogP contribution in [0.25, 0.3) is 0 Å². The predicted molar refractivity (Wildman–Crippen MR) is 98.2 cm³/mol. The molecule has 140 valence electrons. The Morgan fingerprint density at radius 2 is 1.85 bits per heavy atom. The first-order chi connectivity index (χ1) is 12.3. The Kier molecular flexibility index (Phi) is 6.57. The van der Waals surface area contributed by atoms with Gasteiger partial charge in [-0.15, -0.1) is 11.3 Å². The number of thiazole rings is 1. The fourth-order valence-corrected chi connectivity index (χ4v) is 3.35. The molecular weight excluding hydrogens is 356 g/mol. The summed E-state index contributed by atoms with van der Waals surface area (Å²) in [7, 11) is 3.16. The maximum Gasteiger partial charge on any atom is 0.347 e. The molecule has 1 heterocycles. The van der Waals surface area contributed by atoms with Gasteiger partial charge in [0.1, 0.15) is 21.4 Å². The number of carboxylic acid groups (broad SMARTS) is 1. The molecule has 7 nitrogen and oxygen atoms in total. The van der Waals surface area contributed by atoms with E-state index >= 15 is 0 Å². The number of aromatic nitrogens is 1. The van der Waals surface area contributed by atoms with E-state index < -0.39 is 5.97 Å². The number of hydrogen-bond donors (Lipinski definition) is 2. The number of carbonyl (C=O) groups excluding carboxylic acids is 1. The number of hydrogen-bond acceptors (Lipinski definition) is 6. The average Bonchev–Trinajstić information content (AvgIpc) is 3.01. The van der Waals surface area contributed by atoms with E-state index in [4.69, 9.17) is 14.6 Å². The van der Waals surface area contributed by atoms with Crippen LogP contribution < -0.4 is 14.8 Å². The number of nitrogens with one attached hydrogen (secondary N) is 1. The maximum absolute atomic E-state index is 12.2. The van der Waals surface area contributed by atoms with Crippen molar-refractivity contribution in [2.24, 2.45) is 0 Å². The van der Waals surface area contributed by atoms with Crippen LogP contribution >= 0.6 is 11.3 Å². The molecule has 1 atom stereocenters. The minimum absolute atomic E-state index is 0.135. The van der Waals surface area contributed by atoms with Crippen molar-refractivity contribution in [1.29, 1.82) is 0 Å². The number of aromatic carboxylic acids is 1. The SMILES string of the molecule is COc1cc(CCC(=O)NC(C)c2nc(C)c(C(=O)O)s2)cc(OC)c1. The third-order valence-electron chi connectivity index (χ3n) is 3.81. The monoisotopic (exact) mass is 378 g/mol. The van der Waals surface area contributed by atoms with Crippen molar-refractivity contribution in [1.82, 2.24) is 10.3 Å². The van der Waals surface area contributed by atoms with Gasteiger partial charge >= 0.3 is 5.97 Å². The van der Waals surface area contributed by atoms with Crippen LogP contribution in [0.1, 0.15) is 45.3 Å². The molecule has 0 aliphatic carbocycles. The first-order valence-corrected chi connectivity index (χ1v) is 8.87.